The molecular formula is C23H27N4O2+. The molecule has 0 aliphatic carbocycles. The largest absolute Gasteiger partial charge is 0.423 e. The van der Waals surface area contributed by atoms with Crippen molar-refractivity contribution < 1.29 is 9.59 Å². The third kappa shape index (κ3) is 3.81. The monoisotopic (exact) mass is 391 g/mol. The number of urea groups is 1. The average Bonchev–Trinajstić information content (AvgIpc) is 3.11. The number of amides is 3. The Hall–Kier alpha value is -2.96. The highest BCUT2D eigenvalue weighted by Gasteiger charge is 2.51. The molecule has 0 radical (unpaired) electrons. The Balaban J connectivity index is 1.69. The molecule has 6 heteroatoms. The lowest BCUT2D eigenvalue weighted by atomic mass is 10.1. The molecule has 0 spiro atoms. The Morgan fingerprint density at radius 3 is 2.59 bits per heavy atom. The first-order chi connectivity index (χ1) is 14.1. The second kappa shape index (κ2) is 8.19. The molecule has 2 unspecified atom stereocenters. The van der Waals surface area contributed by atoms with Gasteiger partial charge in [0.25, 0.3) is 0 Å². The van der Waals surface area contributed by atoms with Crippen molar-refractivity contribution in [2.24, 2.45) is 0 Å². The number of anilines is 1. The van der Waals surface area contributed by atoms with Crippen molar-refractivity contribution in [3.8, 4) is 0 Å². The number of nitrogens with zero attached hydrogens (tertiary/aromatic N) is 2. The summed E-state index contributed by atoms with van der Waals surface area (Å²) in [5.41, 5.74) is 2.91. The number of benzene rings is 2. The normalized spacial score (nSPS) is 24.3. The van der Waals surface area contributed by atoms with E-state index < -0.39 is 0 Å². The van der Waals surface area contributed by atoms with Gasteiger partial charge >= 0.3 is 6.03 Å². The van der Waals surface area contributed by atoms with Crippen molar-refractivity contribution in [1.82, 2.24) is 14.7 Å². The lowest BCUT2D eigenvalue weighted by Crippen LogP contribution is -2.65. The molecule has 2 atom stereocenters. The number of quaternary nitrogens is 1. The Kier molecular flexibility index (Phi) is 5.47. The molecule has 150 valence electrons. The van der Waals surface area contributed by atoms with Crippen molar-refractivity contribution in [2.75, 3.05) is 25.0 Å². The highest BCUT2D eigenvalue weighted by atomic mass is 16.2. The second-order valence-electron chi connectivity index (χ2n) is 7.64. The van der Waals surface area contributed by atoms with E-state index in [0.29, 0.717) is 13.1 Å². The highest BCUT2D eigenvalue weighted by molar-refractivity contribution is 5.91. The summed E-state index contributed by atoms with van der Waals surface area (Å²) in [6.45, 7) is 4.54. The van der Waals surface area contributed by atoms with Crippen LogP contribution in [0.15, 0.2) is 66.7 Å². The van der Waals surface area contributed by atoms with Crippen molar-refractivity contribution in [2.45, 2.75) is 26.1 Å². The minimum Gasteiger partial charge on any atom is -0.326 e. The maximum absolute atomic E-state index is 13.2. The van der Waals surface area contributed by atoms with Gasteiger partial charge in [-0.1, -0.05) is 36.4 Å². The maximum Gasteiger partial charge on any atom is 0.423 e. The fourth-order valence-electron chi connectivity index (χ4n) is 4.38. The summed E-state index contributed by atoms with van der Waals surface area (Å²) in [5, 5.41) is 5.84. The van der Waals surface area contributed by atoms with Crippen LogP contribution < -0.4 is 15.1 Å². The van der Waals surface area contributed by atoms with Gasteiger partial charge in [0.1, 0.15) is 12.2 Å². The van der Waals surface area contributed by atoms with E-state index in [9.17, 15) is 9.59 Å². The first kappa shape index (κ1) is 19.4. The molecule has 2 aliphatic rings. The van der Waals surface area contributed by atoms with E-state index in [4.69, 9.17) is 0 Å². The van der Waals surface area contributed by atoms with Gasteiger partial charge in [-0.2, -0.15) is 4.48 Å². The fraction of sp³-hybridized carbons (Fsp3) is 0.304. The van der Waals surface area contributed by atoms with Crippen LogP contribution in [0, 0.1) is 0 Å². The molecule has 6 nitrogen and oxygen atoms in total. The van der Waals surface area contributed by atoms with Crippen LogP contribution in [0.5, 0.6) is 0 Å². The quantitative estimate of drug-likeness (QED) is 0.606. The zero-order valence-corrected chi connectivity index (χ0v) is 16.7. The Morgan fingerprint density at radius 1 is 1.17 bits per heavy atom. The van der Waals surface area contributed by atoms with E-state index in [1.54, 1.807) is 0 Å². The Bertz CT molecular complexity index is 910. The van der Waals surface area contributed by atoms with Crippen LogP contribution in [0.1, 0.15) is 18.9 Å². The fourth-order valence-corrected chi connectivity index (χ4v) is 4.38. The van der Waals surface area contributed by atoms with E-state index in [1.165, 1.54) is 12.5 Å². The molecule has 29 heavy (non-hydrogen) atoms. The van der Waals surface area contributed by atoms with E-state index in [2.05, 4.69) is 52.0 Å². The maximum atomic E-state index is 13.2. The summed E-state index contributed by atoms with van der Waals surface area (Å²) < 4.78 is 0.226. The van der Waals surface area contributed by atoms with E-state index >= 15 is 0 Å². The molecule has 0 aromatic heterocycles. The van der Waals surface area contributed by atoms with Gasteiger partial charge in [-0.3, -0.25) is 10.1 Å². The number of nitrogens with one attached hydrogen (secondary N) is 2. The summed E-state index contributed by atoms with van der Waals surface area (Å²) in [7, 11) is 0. The summed E-state index contributed by atoms with van der Waals surface area (Å²) in [6, 6.07) is 18.1. The summed E-state index contributed by atoms with van der Waals surface area (Å²) in [5.74, 6) is -0.107. The molecule has 2 aliphatic heterocycles. The van der Waals surface area contributed by atoms with Crippen LogP contribution in [-0.2, 0) is 11.3 Å². The van der Waals surface area contributed by atoms with Gasteiger partial charge in [0.05, 0.1) is 6.54 Å². The van der Waals surface area contributed by atoms with Gasteiger partial charge in [-0.05, 0) is 30.2 Å². The van der Waals surface area contributed by atoms with Crippen LogP contribution in [-0.4, -0.2) is 42.6 Å². The topological polar surface area (TPSA) is 61.4 Å². The lowest BCUT2D eigenvalue weighted by molar-refractivity contribution is -0.114. The molecule has 2 aromatic rings. The summed E-state index contributed by atoms with van der Waals surface area (Å²) >= 11 is 0. The predicted molar refractivity (Wildman–Crippen MR) is 115 cm³/mol. The number of carbonyl (C=O) groups is 2. The molecule has 0 bridgehead atoms. The molecule has 2 N–H and O–H groups in total. The van der Waals surface area contributed by atoms with Gasteiger partial charge < -0.3 is 5.32 Å². The molecule has 1 saturated heterocycles. The first-order valence-corrected chi connectivity index (χ1v) is 10.1. The Labute approximate surface area is 171 Å². The van der Waals surface area contributed by atoms with Gasteiger partial charge in [0.15, 0.2) is 6.17 Å². The minimum atomic E-state index is -0.107. The molecule has 4 rings (SSSR count). The van der Waals surface area contributed by atoms with E-state index in [-0.39, 0.29) is 22.6 Å². The number of hydrogen-bond acceptors (Lipinski definition) is 3. The standard InChI is InChI=1S/C23H26N4O2/c1-18(28)25-20-10-12-21(13-11-20)27(16-14-24-23(27)29)22-9-5-6-15-26(22)17-19-7-3-2-4-8-19/h2-5,7-13,22H,6,14-17H2,1H3,(H-,24,25,28,29)/p+1. The van der Waals surface area contributed by atoms with E-state index in [0.717, 1.165) is 30.9 Å². The van der Waals surface area contributed by atoms with Crippen LogP contribution in [0.2, 0.25) is 0 Å². The van der Waals surface area contributed by atoms with Gasteiger partial charge in [0.2, 0.25) is 5.91 Å². The molecular weight excluding hydrogens is 364 g/mol. The third-order valence-electron chi connectivity index (χ3n) is 5.70. The van der Waals surface area contributed by atoms with Crippen LogP contribution in [0.3, 0.4) is 0 Å². The first-order valence-electron chi connectivity index (χ1n) is 10.1. The zero-order valence-electron chi connectivity index (χ0n) is 16.7. The lowest BCUT2D eigenvalue weighted by Gasteiger charge is -2.43. The summed E-state index contributed by atoms with van der Waals surface area (Å²) in [6.07, 6.45) is 5.27. The van der Waals surface area contributed by atoms with Crippen LogP contribution in [0.4, 0.5) is 16.2 Å². The number of rotatable bonds is 5. The molecule has 1 fully saturated rings. The predicted octanol–water partition coefficient (Wildman–Crippen LogP) is 3.46. The second-order valence-corrected chi connectivity index (χ2v) is 7.64. The van der Waals surface area contributed by atoms with E-state index in [1.807, 2.05) is 30.3 Å². The van der Waals surface area contributed by atoms with Gasteiger partial charge in [-0.25, -0.2) is 9.69 Å². The SMILES string of the molecule is CC(=O)Nc1ccc([N+]2(C3C=CCCN3Cc3ccccc3)CCNC2=O)cc1. The van der Waals surface area contributed by atoms with Crippen molar-refractivity contribution in [1.29, 1.82) is 0 Å². The van der Waals surface area contributed by atoms with Crippen LogP contribution in [0.25, 0.3) is 0 Å². The minimum absolute atomic E-state index is 0.0203. The number of hydrogen-bond donors (Lipinski definition) is 2. The van der Waals surface area contributed by atoms with Crippen molar-refractivity contribution in [3.05, 3.63) is 72.3 Å². The summed E-state index contributed by atoms with van der Waals surface area (Å²) in [4.78, 5) is 26.9. The highest BCUT2D eigenvalue weighted by Crippen LogP contribution is 2.34. The van der Waals surface area contributed by atoms with Gasteiger partial charge in [0, 0.05) is 37.8 Å². The van der Waals surface area contributed by atoms with Gasteiger partial charge in [-0.15, -0.1) is 0 Å². The molecule has 3 amide bonds. The average molecular weight is 391 g/mol. The Morgan fingerprint density at radius 2 is 1.93 bits per heavy atom. The zero-order chi connectivity index (χ0) is 20.3. The van der Waals surface area contributed by atoms with Crippen molar-refractivity contribution >= 4 is 23.3 Å². The smallest absolute Gasteiger partial charge is 0.326 e. The van der Waals surface area contributed by atoms with Crippen molar-refractivity contribution in [3.63, 3.8) is 0 Å². The molecule has 2 heterocycles. The molecule has 2 aromatic carbocycles. The third-order valence-corrected chi connectivity index (χ3v) is 5.70. The van der Waals surface area contributed by atoms with Crippen LogP contribution >= 0.6 is 0 Å². The number of carbonyl (C=O) groups excluding carboxylic acids is 2. The molecule has 0 saturated carbocycles.